The summed E-state index contributed by atoms with van der Waals surface area (Å²) in [6, 6.07) is 9.42. The number of carboxylic acid groups (broad SMARTS) is 1. The number of pyridine rings is 1. The summed E-state index contributed by atoms with van der Waals surface area (Å²) in [5.41, 5.74) is 2.19. The normalized spacial score (nSPS) is 15.0. The van der Waals surface area contributed by atoms with Gasteiger partial charge in [0, 0.05) is 42.2 Å². The van der Waals surface area contributed by atoms with Gasteiger partial charge in [0.05, 0.1) is 49.3 Å². The Kier molecular flexibility index (Phi) is 8.62. The summed E-state index contributed by atoms with van der Waals surface area (Å²) in [4.78, 5) is 24.7. The van der Waals surface area contributed by atoms with E-state index in [4.69, 9.17) is 18.9 Å². The number of hydrogen-bond acceptors (Lipinski definition) is 11. The molecule has 13 nitrogen and oxygen atoms in total. The number of nitrogens with zero attached hydrogens (tertiary/aromatic N) is 3. The summed E-state index contributed by atoms with van der Waals surface area (Å²) in [7, 11) is -1.15. The summed E-state index contributed by atoms with van der Waals surface area (Å²) in [6.07, 6.45) is 3.14. The van der Waals surface area contributed by atoms with E-state index in [1.807, 2.05) is 13.8 Å². The van der Waals surface area contributed by atoms with Crippen molar-refractivity contribution in [1.29, 1.82) is 0 Å². The highest BCUT2D eigenvalue weighted by atomic mass is 32.2. The molecule has 0 amide bonds. The molecule has 1 unspecified atom stereocenters. The summed E-state index contributed by atoms with van der Waals surface area (Å²) in [5, 5.41) is 13.3. The van der Waals surface area contributed by atoms with Gasteiger partial charge < -0.3 is 29.4 Å². The lowest BCUT2D eigenvalue weighted by Crippen LogP contribution is -2.35. The summed E-state index contributed by atoms with van der Waals surface area (Å²) in [6.45, 7) is 4.35. The van der Waals surface area contributed by atoms with Crippen LogP contribution in [-0.2, 0) is 14.8 Å². The average Bonchev–Trinajstić information content (AvgIpc) is 3.48. The first kappa shape index (κ1) is 29.9. The fraction of sp³-hybridized carbons (Fsp3) is 0.310. The lowest BCUT2D eigenvalue weighted by molar-refractivity contribution is 0.0696. The van der Waals surface area contributed by atoms with E-state index in [2.05, 4.69) is 25.0 Å². The third kappa shape index (κ3) is 6.61. The molecule has 2 aromatic heterocycles. The van der Waals surface area contributed by atoms with E-state index in [1.54, 1.807) is 30.5 Å². The Morgan fingerprint density at radius 1 is 1.09 bits per heavy atom. The second-order valence-electron chi connectivity index (χ2n) is 10.0. The molecule has 1 aliphatic heterocycles. The number of aromatic carboxylic acids is 1. The van der Waals surface area contributed by atoms with Gasteiger partial charge in [0.25, 0.3) is 0 Å². The van der Waals surface area contributed by atoms with Crippen LogP contribution in [0.5, 0.6) is 17.6 Å². The van der Waals surface area contributed by atoms with Crippen molar-refractivity contribution < 1.29 is 37.3 Å². The molecule has 14 heteroatoms. The third-order valence-corrected chi connectivity index (χ3v) is 8.12. The van der Waals surface area contributed by atoms with Crippen molar-refractivity contribution in [3.05, 3.63) is 54.4 Å². The molecule has 4 aromatic rings. The maximum Gasteiger partial charge on any atom is 0.335 e. The predicted molar refractivity (Wildman–Crippen MR) is 158 cm³/mol. The molecular weight excluding hydrogens is 578 g/mol. The zero-order chi connectivity index (χ0) is 30.7. The lowest BCUT2D eigenvalue weighted by Gasteiger charge is -2.19. The van der Waals surface area contributed by atoms with E-state index in [0.29, 0.717) is 46.5 Å². The zero-order valence-corrected chi connectivity index (χ0v) is 24.8. The van der Waals surface area contributed by atoms with Gasteiger partial charge in [0.2, 0.25) is 15.9 Å². The minimum Gasteiger partial charge on any atom is -0.491 e. The first-order chi connectivity index (χ1) is 20.6. The minimum absolute atomic E-state index is 0.0291. The van der Waals surface area contributed by atoms with Gasteiger partial charge >= 0.3 is 12.0 Å². The number of nitrogens with one attached hydrogen (secondary N) is 2. The lowest BCUT2D eigenvalue weighted by atomic mass is 10.0. The first-order valence-corrected chi connectivity index (χ1v) is 14.9. The van der Waals surface area contributed by atoms with Crippen molar-refractivity contribution in [2.24, 2.45) is 0 Å². The number of rotatable bonds is 11. The minimum atomic E-state index is -4.08. The molecule has 0 spiro atoms. The highest BCUT2D eigenvalue weighted by Gasteiger charge is 2.28. The van der Waals surface area contributed by atoms with Crippen LogP contribution in [0.25, 0.3) is 22.0 Å². The molecule has 0 radical (unpaired) electrons. The molecule has 1 saturated heterocycles. The molecule has 3 heterocycles. The summed E-state index contributed by atoms with van der Waals surface area (Å²) < 4.78 is 51.6. The number of ether oxygens (including phenoxy) is 4. The van der Waals surface area contributed by atoms with Crippen molar-refractivity contribution in [3.63, 3.8) is 0 Å². The predicted octanol–water partition coefficient (Wildman–Crippen LogP) is 4.01. The van der Waals surface area contributed by atoms with Crippen LogP contribution in [0.15, 0.2) is 53.7 Å². The van der Waals surface area contributed by atoms with Crippen LogP contribution in [0.1, 0.15) is 30.6 Å². The van der Waals surface area contributed by atoms with E-state index in [9.17, 15) is 18.3 Å². The second-order valence-corrected chi connectivity index (χ2v) is 11.7. The smallest absolute Gasteiger partial charge is 0.335 e. The van der Waals surface area contributed by atoms with Crippen molar-refractivity contribution in [2.75, 3.05) is 32.8 Å². The van der Waals surface area contributed by atoms with E-state index in [-0.39, 0.29) is 46.8 Å². The van der Waals surface area contributed by atoms with E-state index < -0.39 is 16.0 Å². The number of hydrogen-bond donors (Lipinski definition) is 3. The molecule has 3 N–H and O–H groups in total. The van der Waals surface area contributed by atoms with Gasteiger partial charge in [-0.15, -0.1) is 0 Å². The van der Waals surface area contributed by atoms with Gasteiger partial charge in [-0.05, 0) is 44.0 Å². The Balaban J connectivity index is 1.66. The number of methoxy groups -OCH3 is 2. The Morgan fingerprint density at radius 2 is 1.91 bits per heavy atom. The number of carbonyl (C=O) groups is 1. The van der Waals surface area contributed by atoms with E-state index in [0.717, 1.165) is 0 Å². The van der Waals surface area contributed by atoms with Gasteiger partial charge in [-0.25, -0.2) is 22.9 Å². The van der Waals surface area contributed by atoms with Crippen LogP contribution < -0.4 is 24.2 Å². The van der Waals surface area contributed by atoms with Crippen molar-refractivity contribution >= 4 is 38.3 Å². The average molecular weight is 610 g/mol. The molecule has 0 aliphatic carbocycles. The molecule has 226 valence electrons. The van der Waals surface area contributed by atoms with Gasteiger partial charge in [-0.1, -0.05) is 12.1 Å². The molecule has 0 saturated carbocycles. The Bertz CT molecular complexity index is 1770. The Labute approximate surface area is 248 Å². The van der Waals surface area contributed by atoms with Crippen molar-refractivity contribution in [2.45, 2.75) is 37.3 Å². The molecule has 5 rings (SSSR count). The van der Waals surface area contributed by atoms with Crippen molar-refractivity contribution in [3.8, 4) is 28.8 Å². The third-order valence-electron chi connectivity index (χ3n) is 6.59. The highest BCUT2D eigenvalue weighted by molar-refractivity contribution is 7.89. The van der Waals surface area contributed by atoms with Gasteiger partial charge in [-0.3, -0.25) is 4.98 Å². The van der Waals surface area contributed by atoms with Crippen molar-refractivity contribution in [1.82, 2.24) is 19.7 Å². The van der Waals surface area contributed by atoms with Crippen LogP contribution in [-0.4, -0.2) is 74.0 Å². The molecule has 1 atom stereocenters. The zero-order valence-electron chi connectivity index (χ0n) is 23.9. The second kappa shape index (κ2) is 12.4. The molecular formula is C29H31N5O8S. The molecule has 43 heavy (non-hydrogen) atoms. The number of benzene rings is 2. The van der Waals surface area contributed by atoms with E-state index in [1.165, 1.54) is 32.5 Å². The fourth-order valence-electron chi connectivity index (χ4n) is 4.67. The monoisotopic (exact) mass is 609 g/mol. The molecule has 0 bridgehead atoms. The van der Waals surface area contributed by atoms with Gasteiger partial charge in [-0.2, -0.15) is 4.98 Å². The first-order valence-electron chi connectivity index (χ1n) is 13.4. The van der Waals surface area contributed by atoms with Gasteiger partial charge in [0.15, 0.2) is 0 Å². The largest absolute Gasteiger partial charge is 0.491 e. The molecule has 1 aliphatic rings. The van der Waals surface area contributed by atoms with Crippen LogP contribution in [0.2, 0.25) is 0 Å². The molecule has 2 aromatic carbocycles. The maximum atomic E-state index is 13.7. The number of fused-ring (bicyclic) bond motifs is 1. The molecule has 1 fully saturated rings. The van der Waals surface area contributed by atoms with Crippen LogP contribution >= 0.6 is 0 Å². The van der Waals surface area contributed by atoms with Crippen LogP contribution in [0, 0.1) is 0 Å². The number of carboxylic acids is 1. The number of anilines is 2. The fourth-order valence-corrected chi connectivity index (χ4v) is 6.04. The van der Waals surface area contributed by atoms with Crippen LogP contribution in [0.4, 0.5) is 11.4 Å². The Morgan fingerprint density at radius 3 is 2.58 bits per heavy atom. The van der Waals surface area contributed by atoms with Gasteiger partial charge in [0.1, 0.15) is 10.6 Å². The summed E-state index contributed by atoms with van der Waals surface area (Å²) in [5.74, 6) is -0.557. The van der Waals surface area contributed by atoms with Crippen LogP contribution in [0.3, 0.4) is 0 Å². The number of aromatic nitrogens is 3. The van der Waals surface area contributed by atoms with E-state index >= 15 is 0 Å². The Hall–Kier alpha value is -4.53. The summed E-state index contributed by atoms with van der Waals surface area (Å²) >= 11 is 0. The maximum absolute atomic E-state index is 13.7. The topological polar surface area (TPSA) is 171 Å². The highest BCUT2D eigenvalue weighted by Crippen LogP contribution is 2.37. The standard InChI is InChI=1S/C29H31N5O8S/c1-16(2)42-21-10-18(28(35)36)9-20(12-21)32-26-22-6-5-17(23-13-31-29(40-4)33-27(23)39-3)11-24(22)30-14-25(26)43(37,38)34-19-7-8-41-15-19/h5-6,9-14,16,19,34H,7-8,15H2,1-4H3,(H,30,32)(H,35,36). The quantitative estimate of drug-likeness (QED) is 0.224. The number of sulfonamides is 1. The SMILES string of the molecule is COc1ncc(-c2ccc3c(Nc4cc(OC(C)C)cc(C(=O)O)c4)c(S(=O)(=O)NC4CCOC4)cnc3c2)c(OC)n1.